The molecule has 0 atom stereocenters. The lowest BCUT2D eigenvalue weighted by molar-refractivity contribution is 1.16. The molecule has 0 unspecified atom stereocenters. The van der Waals surface area contributed by atoms with Crippen LogP contribution in [0.15, 0.2) is 72.8 Å². The van der Waals surface area contributed by atoms with E-state index in [-0.39, 0.29) is 0 Å². The molecule has 0 aliphatic rings. The third kappa shape index (κ3) is 7.48. The second-order valence-electron chi connectivity index (χ2n) is 6.46. The Morgan fingerprint density at radius 3 is 1.85 bits per heavy atom. The number of rotatable bonds is 12. The predicted molar refractivity (Wildman–Crippen MR) is 130 cm³/mol. The van der Waals surface area contributed by atoms with Gasteiger partial charge in [0.2, 0.25) is 0 Å². The molecule has 0 aliphatic heterocycles. The SMILES string of the molecule is c1ccc(CCSCCSCCSCCc2cccc3ccccc23)cc1. The zero-order chi connectivity index (χ0) is 18.6. The molecular formula is C24H28S3. The first-order valence-corrected chi connectivity index (χ1v) is 13.1. The third-order valence-electron chi connectivity index (χ3n) is 4.52. The fourth-order valence-electron chi connectivity index (χ4n) is 3.07. The molecule has 0 amide bonds. The van der Waals surface area contributed by atoms with E-state index in [9.17, 15) is 0 Å². The van der Waals surface area contributed by atoms with E-state index in [1.807, 2.05) is 0 Å². The van der Waals surface area contributed by atoms with Gasteiger partial charge in [0.15, 0.2) is 0 Å². The lowest BCUT2D eigenvalue weighted by atomic mass is 10.0. The minimum atomic E-state index is 1.17. The van der Waals surface area contributed by atoms with Crippen molar-refractivity contribution in [1.82, 2.24) is 0 Å². The predicted octanol–water partition coefficient (Wildman–Crippen LogP) is 6.82. The lowest BCUT2D eigenvalue weighted by Crippen LogP contribution is -1.95. The molecule has 3 aromatic rings. The Morgan fingerprint density at radius 1 is 0.481 bits per heavy atom. The topological polar surface area (TPSA) is 0 Å². The summed E-state index contributed by atoms with van der Waals surface area (Å²) in [6.07, 6.45) is 2.37. The maximum Gasteiger partial charge on any atom is 0.00238 e. The first-order chi connectivity index (χ1) is 13.4. The van der Waals surface area contributed by atoms with Gasteiger partial charge in [0.1, 0.15) is 0 Å². The molecule has 0 saturated carbocycles. The summed E-state index contributed by atoms with van der Waals surface area (Å²) in [5.74, 6) is 7.57. The molecule has 3 aromatic carbocycles. The van der Waals surface area contributed by atoms with Crippen molar-refractivity contribution in [2.24, 2.45) is 0 Å². The molecule has 3 heteroatoms. The van der Waals surface area contributed by atoms with Gasteiger partial charge in [-0.25, -0.2) is 0 Å². The third-order valence-corrected chi connectivity index (χ3v) is 7.99. The van der Waals surface area contributed by atoms with Crippen molar-refractivity contribution in [3.05, 3.63) is 83.9 Å². The molecule has 0 fully saturated rings. The van der Waals surface area contributed by atoms with Gasteiger partial charge in [-0.3, -0.25) is 0 Å². The summed E-state index contributed by atoms with van der Waals surface area (Å²) in [7, 11) is 0. The van der Waals surface area contributed by atoms with Gasteiger partial charge in [-0.1, -0.05) is 72.8 Å². The van der Waals surface area contributed by atoms with E-state index < -0.39 is 0 Å². The second kappa shape index (κ2) is 12.4. The van der Waals surface area contributed by atoms with E-state index in [1.165, 1.54) is 69.3 Å². The minimum absolute atomic E-state index is 1.17. The summed E-state index contributed by atoms with van der Waals surface area (Å²) in [5.41, 5.74) is 2.95. The number of benzene rings is 3. The summed E-state index contributed by atoms with van der Waals surface area (Å²) in [6, 6.07) is 26.2. The van der Waals surface area contributed by atoms with Crippen LogP contribution in [0.25, 0.3) is 10.8 Å². The van der Waals surface area contributed by atoms with Gasteiger partial charge >= 0.3 is 0 Å². The lowest BCUT2D eigenvalue weighted by Gasteiger charge is -2.07. The number of aryl methyl sites for hydroxylation is 2. The second-order valence-corrected chi connectivity index (χ2v) is 10.1. The van der Waals surface area contributed by atoms with Gasteiger partial charge < -0.3 is 0 Å². The van der Waals surface area contributed by atoms with Crippen molar-refractivity contribution in [2.75, 3.05) is 34.5 Å². The number of fused-ring (bicyclic) bond motifs is 1. The smallest absolute Gasteiger partial charge is 0.00238 e. The monoisotopic (exact) mass is 412 g/mol. The van der Waals surface area contributed by atoms with Crippen LogP contribution in [0.4, 0.5) is 0 Å². The van der Waals surface area contributed by atoms with Crippen molar-refractivity contribution < 1.29 is 0 Å². The zero-order valence-corrected chi connectivity index (χ0v) is 18.3. The van der Waals surface area contributed by atoms with E-state index in [0.717, 1.165) is 0 Å². The Labute approximate surface area is 176 Å². The molecule has 0 heterocycles. The highest BCUT2D eigenvalue weighted by Crippen LogP contribution is 2.20. The van der Waals surface area contributed by atoms with Crippen LogP contribution in [0, 0.1) is 0 Å². The minimum Gasteiger partial charge on any atom is -0.161 e. The molecule has 0 radical (unpaired) electrons. The molecule has 0 aliphatic carbocycles. The van der Waals surface area contributed by atoms with Crippen LogP contribution < -0.4 is 0 Å². The van der Waals surface area contributed by atoms with Crippen molar-refractivity contribution in [2.45, 2.75) is 12.8 Å². The normalized spacial score (nSPS) is 11.1. The first-order valence-electron chi connectivity index (χ1n) is 9.67. The van der Waals surface area contributed by atoms with Crippen molar-refractivity contribution >= 4 is 46.1 Å². The molecule has 0 spiro atoms. The van der Waals surface area contributed by atoms with E-state index in [2.05, 4.69) is 108 Å². The molecule has 142 valence electrons. The highest BCUT2D eigenvalue weighted by atomic mass is 32.2. The molecule has 27 heavy (non-hydrogen) atoms. The summed E-state index contributed by atoms with van der Waals surface area (Å²) in [4.78, 5) is 0. The summed E-state index contributed by atoms with van der Waals surface area (Å²) in [5, 5.41) is 2.78. The van der Waals surface area contributed by atoms with Crippen LogP contribution in [-0.2, 0) is 12.8 Å². The fraction of sp³-hybridized carbons (Fsp3) is 0.333. The van der Waals surface area contributed by atoms with Gasteiger partial charge in [-0.05, 0) is 46.2 Å². The van der Waals surface area contributed by atoms with E-state index >= 15 is 0 Å². The van der Waals surface area contributed by atoms with Gasteiger partial charge in [0, 0.05) is 23.0 Å². The number of thioether (sulfide) groups is 3. The Morgan fingerprint density at radius 2 is 1.07 bits per heavy atom. The Kier molecular flexibility index (Phi) is 9.53. The molecule has 0 N–H and O–H groups in total. The fourth-order valence-corrected chi connectivity index (χ4v) is 6.31. The first kappa shape index (κ1) is 20.7. The quantitative estimate of drug-likeness (QED) is 0.299. The molecule has 0 bridgehead atoms. The zero-order valence-electron chi connectivity index (χ0n) is 15.8. The van der Waals surface area contributed by atoms with Crippen LogP contribution in [-0.4, -0.2) is 34.5 Å². The van der Waals surface area contributed by atoms with Crippen LogP contribution >= 0.6 is 35.3 Å². The van der Waals surface area contributed by atoms with Crippen LogP contribution in [0.2, 0.25) is 0 Å². The molecule has 0 aromatic heterocycles. The average molecular weight is 413 g/mol. The van der Waals surface area contributed by atoms with Crippen LogP contribution in [0.3, 0.4) is 0 Å². The standard InChI is InChI=1S/C24H28S3/c1-2-7-21(8-3-1)13-15-25-17-19-27-20-18-26-16-14-23-11-6-10-22-9-4-5-12-24(22)23/h1-12H,13-20H2. The summed E-state index contributed by atoms with van der Waals surface area (Å²) in [6.45, 7) is 0. The number of hydrogen-bond donors (Lipinski definition) is 0. The largest absolute Gasteiger partial charge is 0.161 e. The summed E-state index contributed by atoms with van der Waals surface area (Å²) < 4.78 is 0. The van der Waals surface area contributed by atoms with E-state index in [0.29, 0.717) is 0 Å². The Bertz CT molecular complexity index is 780. The molecular weight excluding hydrogens is 384 g/mol. The van der Waals surface area contributed by atoms with Crippen molar-refractivity contribution in [3.63, 3.8) is 0 Å². The maximum atomic E-state index is 2.28. The van der Waals surface area contributed by atoms with Crippen LogP contribution in [0.5, 0.6) is 0 Å². The highest BCUT2D eigenvalue weighted by molar-refractivity contribution is 8.04. The Balaban J connectivity index is 1.19. The van der Waals surface area contributed by atoms with Crippen LogP contribution in [0.1, 0.15) is 11.1 Å². The van der Waals surface area contributed by atoms with E-state index in [1.54, 1.807) is 0 Å². The molecule has 0 nitrogen and oxygen atoms in total. The average Bonchev–Trinajstić information content (AvgIpc) is 2.73. The van der Waals surface area contributed by atoms with Gasteiger partial charge in [-0.15, -0.1) is 0 Å². The number of hydrogen-bond acceptors (Lipinski definition) is 3. The highest BCUT2D eigenvalue weighted by Gasteiger charge is 2.00. The molecule has 3 rings (SSSR count). The molecule has 0 saturated heterocycles. The van der Waals surface area contributed by atoms with E-state index in [4.69, 9.17) is 0 Å². The maximum absolute atomic E-state index is 2.28. The van der Waals surface area contributed by atoms with Crippen molar-refractivity contribution in [1.29, 1.82) is 0 Å². The summed E-state index contributed by atoms with van der Waals surface area (Å²) >= 11 is 6.29. The Hall–Kier alpha value is -1.03. The van der Waals surface area contributed by atoms with Gasteiger partial charge in [0.05, 0.1) is 0 Å². The van der Waals surface area contributed by atoms with Crippen molar-refractivity contribution in [3.8, 4) is 0 Å². The van der Waals surface area contributed by atoms with Gasteiger partial charge in [-0.2, -0.15) is 35.3 Å². The van der Waals surface area contributed by atoms with Gasteiger partial charge in [0.25, 0.3) is 0 Å².